The van der Waals surface area contributed by atoms with Gasteiger partial charge < -0.3 is 4.74 Å². The van der Waals surface area contributed by atoms with Crippen LogP contribution in [0.25, 0.3) is 10.8 Å². The first-order chi connectivity index (χ1) is 14.3. The summed E-state index contributed by atoms with van der Waals surface area (Å²) in [6.07, 6.45) is 1.67. The lowest BCUT2D eigenvalue weighted by Gasteiger charge is -2.26. The van der Waals surface area contributed by atoms with Gasteiger partial charge in [-0.15, -0.1) is 0 Å². The van der Waals surface area contributed by atoms with E-state index >= 15 is 0 Å². The highest BCUT2D eigenvalue weighted by atomic mass is 16.5. The fourth-order valence-corrected chi connectivity index (χ4v) is 3.72. The summed E-state index contributed by atoms with van der Waals surface area (Å²) in [5.74, 6) is 0.741. The molecule has 1 N–H and O–H groups in total. The van der Waals surface area contributed by atoms with E-state index in [1.807, 2.05) is 78.9 Å². The lowest BCUT2D eigenvalue weighted by molar-refractivity contribution is -0.121. The monoisotopic (exact) mass is 378 g/mol. The molecule has 1 amide bonds. The van der Waals surface area contributed by atoms with Crippen LogP contribution in [0.15, 0.2) is 96.1 Å². The topological polar surface area (TPSA) is 50.7 Å². The Bertz CT molecular complexity index is 1200. The van der Waals surface area contributed by atoms with E-state index in [0.29, 0.717) is 11.5 Å². The van der Waals surface area contributed by atoms with Crippen LogP contribution in [0.4, 0.5) is 0 Å². The standard InChI is InChI=1S/C25H18N2O2/c28-25(27-26-16-17-13-14-18-7-1-2-8-19(18)15-17)24-20-9-3-5-11-22(20)29-23-12-6-4-10-21(23)24/h1-16,24H,(H,27,28)/b26-16-. The van der Waals surface area contributed by atoms with Crippen molar-refractivity contribution in [3.8, 4) is 11.5 Å². The smallest absolute Gasteiger partial charge is 0.252 e. The van der Waals surface area contributed by atoms with Crippen molar-refractivity contribution >= 4 is 22.9 Å². The molecule has 4 aromatic carbocycles. The van der Waals surface area contributed by atoms with Crippen LogP contribution in [0.5, 0.6) is 11.5 Å². The molecule has 4 heteroatoms. The third-order valence-electron chi connectivity index (χ3n) is 5.10. The van der Waals surface area contributed by atoms with Crippen LogP contribution < -0.4 is 10.2 Å². The first kappa shape index (κ1) is 17.2. The van der Waals surface area contributed by atoms with Gasteiger partial charge in [-0.2, -0.15) is 5.10 Å². The number of para-hydroxylation sites is 2. The van der Waals surface area contributed by atoms with E-state index in [1.54, 1.807) is 6.21 Å². The Morgan fingerprint density at radius 1 is 0.793 bits per heavy atom. The van der Waals surface area contributed by atoms with E-state index in [2.05, 4.69) is 22.7 Å². The van der Waals surface area contributed by atoms with Gasteiger partial charge in [-0.05, 0) is 34.5 Å². The summed E-state index contributed by atoms with van der Waals surface area (Å²) in [4.78, 5) is 13.0. The van der Waals surface area contributed by atoms with Crippen molar-refractivity contribution in [2.75, 3.05) is 0 Å². The number of carbonyl (C=O) groups excluding carboxylic acids is 1. The Hall–Kier alpha value is -3.92. The number of hydrazone groups is 1. The van der Waals surface area contributed by atoms with Gasteiger partial charge in [0.2, 0.25) is 0 Å². The van der Waals surface area contributed by atoms with E-state index in [-0.39, 0.29) is 5.91 Å². The van der Waals surface area contributed by atoms with Crippen LogP contribution in [-0.4, -0.2) is 12.1 Å². The van der Waals surface area contributed by atoms with E-state index in [1.165, 1.54) is 5.39 Å². The Kier molecular flexibility index (Phi) is 4.30. The van der Waals surface area contributed by atoms with Crippen molar-refractivity contribution in [2.45, 2.75) is 5.92 Å². The molecule has 4 aromatic rings. The summed E-state index contributed by atoms with van der Waals surface area (Å²) in [6.45, 7) is 0. The third kappa shape index (κ3) is 3.25. The van der Waals surface area contributed by atoms with Crippen LogP contribution >= 0.6 is 0 Å². The zero-order valence-corrected chi connectivity index (χ0v) is 15.6. The fraction of sp³-hybridized carbons (Fsp3) is 0.0400. The number of hydrogen-bond acceptors (Lipinski definition) is 3. The predicted molar refractivity (Wildman–Crippen MR) is 114 cm³/mol. The van der Waals surface area contributed by atoms with Crippen LogP contribution in [0.1, 0.15) is 22.6 Å². The summed E-state index contributed by atoms with van der Waals surface area (Å²) in [5.41, 5.74) is 5.31. The minimum absolute atomic E-state index is 0.190. The number of nitrogens with zero attached hydrogens (tertiary/aromatic N) is 1. The van der Waals surface area contributed by atoms with Crippen LogP contribution in [-0.2, 0) is 4.79 Å². The number of carbonyl (C=O) groups is 1. The average Bonchev–Trinajstić information content (AvgIpc) is 2.77. The number of hydrogen-bond donors (Lipinski definition) is 1. The van der Waals surface area contributed by atoms with Gasteiger partial charge in [0.1, 0.15) is 11.5 Å². The van der Waals surface area contributed by atoms with Gasteiger partial charge in [0.05, 0.1) is 12.1 Å². The summed E-state index contributed by atoms with van der Waals surface area (Å²) in [6, 6.07) is 29.4. The molecule has 0 radical (unpaired) electrons. The average molecular weight is 378 g/mol. The second-order valence-electron chi connectivity index (χ2n) is 6.95. The van der Waals surface area contributed by atoms with Gasteiger partial charge in [-0.1, -0.05) is 72.8 Å². The lowest BCUT2D eigenvalue weighted by atomic mass is 9.87. The summed E-state index contributed by atoms with van der Waals surface area (Å²) in [5, 5.41) is 6.51. The molecule has 0 atom stereocenters. The maximum absolute atomic E-state index is 13.0. The van der Waals surface area contributed by atoms with Gasteiger partial charge >= 0.3 is 0 Å². The quantitative estimate of drug-likeness (QED) is 0.392. The Balaban J connectivity index is 1.41. The molecule has 0 aromatic heterocycles. The van der Waals surface area contributed by atoms with E-state index in [0.717, 1.165) is 22.1 Å². The summed E-state index contributed by atoms with van der Waals surface area (Å²) >= 11 is 0. The summed E-state index contributed by atoms with van der Waals surface area (Å²) < 4.78 is 5.95. The van der Waals surface area contributed by atoms with Crippen molar-refractivity contribution in [3.05, 3.63) is 108 Å². The van der Waals surface area contributed by atoms with Crippen molar-refractivity contribution in [2.24, 2.45) is 5.10 Å². The van der Waals surface area contributed by atoms with Crippen molar-refractivity contribution < 1.29 is 9.53 Å². The minimum atomic E-state index is -0.468. The molecule has 1 aliphatic rings. The van der Waals surface area contributed by atoms with Crippen LogP contribution in [0, 0.1) is 0 Å². The highest BCUT2D eigenvalue weighted by Gasteiger charge is 2.32. The molecule has 0 saturated heterocycles. The number of nitrogens with one attached hydrogen (secondary N) is 1. The number of benzene rings is 4. The molecule has 29 heavy (non-hydrogen) atoms. The van der Waals surface area contributed by atoms with Crippen LogP contribution in [0.3, 0.4) is 0 Å². The van der Waals surface area contributed by atoms with E-state index in [9.17, 15) is 4.79 Å². The number of fused-ring (bicyclic) bond motifs is 3. The molecule has 4 nitrogen and oxygen atoms in total. The highest BCUT2D eigenvalue weighted by molar-refractivity contribution is 5.92. The first-order valence-electron chi connectivity index (χ1n) is 9.47. The maximum Gasteiger partial charge on any atom is 0.252 e. The minimum Gasteiger partial charge on any atom is -0.457 e. The van der Waals surface area contributed by atoms with Gasteiger partial charge in [0, 0.05) is 11.1 Å². The zero-order chi connectivity index (χ0) is 19.6. The van der Waals surface area contributed by atoms with Gasteiger partial charge in [0.15, 0.2) is 0 Å². The molecule has 5 rings (SSSR count). The van der Waals surface area contributed by atoms with Crippen molar-refractivity contribution in [1.29, 1.82) is 0 Å². The first-order valence-corrected chi connectivity index (χ1v) is 9.47. The molecule has 0 unspecified atom stereocenters. The SMILES string of the molecule is O=C(N/N=C\c1ccc2ccccc2c1)C1c2ccccc2Oc2ccccc21. The predicted octanol–water partition coefficient (Wildman–Crippen LogP) is 5.23. The second kappa shape index (κ2) is 7.24. The van der Waals surface area contributed by atoms with Gasteiger partial charge in [0.25, 0.3) is 5.91 Å². The van der Waals surface area contributed by atoms with Gasteiger partial charge in [-0.25, -0.2) is 5.43 Å². The Labute approximate surface area is 168 Å². The molecule has 140 valence electrons. The highest BCUT2D eigenvalue weighted by Crippen LogP contribution is 2.43. The zero-order valence-electron chi connectivity index (χ0n) is 15.6. The normalized spacial score (nSPS) is 13.0. The third-order valence-corrected chi connectivity index (χ3v) is 5.10. The number of ether oxygens (including phenoxy) is 1. The van der Waals surface area contributed by atoms with Crippen molar-refractivity contribution in [3.63, 3.8) is 0 Å². The van der Waals surface area contributed by atoms with Gasteiger partial charge in [-0.3, -0.25) is 4.79 Å². The second-order valence-corrected chi connectivity index (χ2v) is 6.95. The van der Waals surface area contributed by atoms with Crippen LogP contribution in [0.2, 0.25) is 0 Å². The lowest BCUT2D eigenvalue weighted by Crippen LogP contribution is -2.28. The molecule has 0 saturated carbocycles. The molecule has 1 aliphatic heterocycles. The maximum atomic E-state index is 13.0. The van der Waals surface area contributed by atoms with E-state index < -0.39 is 5.92 Å². The molecule has 0 spiro atoms. The fourth-order valence-electron chi connectivity index (χ4n) is 3.72. The van der Waals surface area contributed by atoms with E-state index in [4.69, 9.17) is 4.74 Å². The number of amides is 1. The molecular formula is C25H18N2O2. The molecule has 0 fully saturated rings. The molecular weight excluding hydrogens is 360 g/mol. The number of rotatable bonds is 3. The Morgan fingerprint density at radius 2 is 1.41 bits per heavy atom. The largest absolute Gasteiger partial charge is 0.457 e. The molecule has 0 aliphatic carbocycles. The molecule has 0 bridgehead atoms. The molecule has 1 heterocycles. The summed E-state index contributed by atoms with van der Waals surface area (Å²) in [7, 11) is 0. The van der Waals surface area contributed by atoms with Crippen molar-refractivity contribution in [1.82, 2.24) is 5.43 Å². The Morgan fingerprint density at radius 3 is 2.14 bits per heavy atom.